The smallest absolute Gasteiger partial charge is 0.328 e. The number of aliphatic imine (C=N–C) groups is 1. The summed E-state index contributed by atoms with van der Waals surface area (Å²) in [5.41, 5.74) is 1.44. The topological polar surface area (TPSA) is 109 Å². The minimum absolute atomic E-state index is 0.115. The first-order valence-electron chi connectivity index (χ1n) is 10.9. The molecular formula is C24H22BrCl2N3O4. The third-order valence-electron chi connectivity index (χ3n) is 6.44. The summed E-state index contributed by atoms with van der Waals surface area (Å²) in [4.78, 5) is 45.0. The first kappa shape index (κ1) is 24.8. The van der Waals surface area contributed by atoms with Crippen molar-refractivity contribution in [2.24, 2.45) is 10.4 Å². The molecule has 1 aromatic carbocycles. The van der Waals surface area contributed by atoms with Gasteiger partial charge in [-0.05, 0) is 30.5 Å². The van der Waals surface area contributed by atoms with Crippen molar-refractivity contribution in [1.82, 2.24) is 4.98 Å². The Kier molecular flexibility index (Phi) is 7.40. The zero-order valence-corrected chi connectivity index (χ0v) is 21.2. The normalized spacial score (nSPS) is 21.2. The number of nitrogens with one attached hydrogen (secondary N) is 1. The Morgan fingerprint density at radius 2 is 1.76 bits per heavy atom. The number of carboxylic acids is 1. The van der Waals surface area contributed by atoms with Crippen LogP contribution in [0.4, 0.5) is 5.69 Å². The number of halogens is 3. The molecule has 2 saturated carbocycles. The number of carboxylic acid groups (broad SMARTS) is 1. The maximum absolute atomic E-state index is 12.6. The van der Waals surface area contributed by atoms with E-state index < -0.39 is 28.2 Å². The minimum atomic E-state index is -1.04. The summed E-state index contributed by atoms with van der Waals surface area (Å²) in [6, 6.07) is 5.80. The number of aliphatic carboxylic acids is 1. The molecule has 2 aliphatic carbocycles. The molecule has 2 N–H and O–H groups in total. The van der Waals surface area contributed by atoms with Crippen LogP contribution in [0.15, 0.2) is 41.7 Å². The van der Waals surface area contributed by atoms with E-state index in [1.165, 1.54) is 12.4 Å². The first-order chi connectivity index (χ1) is 16.2. The maximum Gasteiger partial charge on any atom is 0.328 e. The highest BCUT2D eigenvalue weighted by Crippen LogP contribution is 2.49. The molecule has 2 aliphatic rings. The van der Waals surface area contributed by atoms with Gasteiger partial charge in [-0.2, -0.15) is 0 Å². The summed E-state index contributed by atoms with van der Waals surface area (Å²) in [7, 11) is 0. The first-order valence-corrected chi connectivity index (χ1v) is 12.6. The largest absolute Gasteiger partial charge is 0.480 e. The third kappa shape index (κ3) is 4.76. The molecule has 178 valence electrons. The van der Waals surface area contributed by atoms with E-state index in [9.17, 15) is 19.5 Å². The molecule has 7 nitrogen and oxygen atoms in total. The van der Waals surface area contributed by atoms with E-state index >= 15 is 0 Å². The highest BCUT2D eigenvalue weighted by molar-refractivity contribution is 9.10. The fraction of sp³-hybridized carbons (Fsp3) is 0.375. The van der Waals surface area contributed by atoms with Crippen LogP contribution in [0, 0.1) is 5.41 Å². The number of anilines is 1. The van der Waals surface area contributed by atoms with Crippen LogP contribution in [0.2, 0.25) is 10.0 Å². The van der Waals surface area contributed by atoms with Crippen LogP contribution >= 0.6 is 39.1 Å². The van der Waals surface area contributed by atoms with Gasteiger partial charge in [0, 0.05) is 30.2 Å². The van der Waals surface area contributed by atoms with E-state index in [0.29, 0.717) is 11.4 Å². The number of nitrogens with zero attached hydrogens (tertiary/aromatic N) is 2. The van der Waals surface area contributed by atoms with Gasteiger partial charge in [0.2, 0.25) is 0 Å². The number of ketones is 1. The number of hydrogen-bond acceptors (Lipinski definition) is 5. The Labute approximate surface area is 215 Å². The van der Waals surface area contributed by atoms with E-state index in [4.69, 9.17) is 23.2 Å². The summed E-state index contributed by atoms with van der Waals surface area (Å²) in [5, 5.41) is 12.8. The second-order valence-electron chi connectivity index (χ2n) is 8.57. The van der Waals surface area contributed by atoms with E-state index in [-0.39, 0.29) is 27.8 Å². The molecule has 1 heterocycles. The Balaban J connectivity index is 1.48. The fourth-order valence-corrected chi connectivity index (χ4v) is 6.16. The van der Waals surface area contributed by atoms with Crippen LogP contribution in [0.5, 0.6) is 0 Å². The summed E-state index contributed by atoms with van der Waals surface area (Å²) < 4.78 is 0. The number of rotatable bonds is 6. The van der Waals surface area contributed by atoms with Crippen LogP contribution in [0.25, 0.3) is 0 Å². The molecule has 34 heavy (non-hydrogen) atoms. The van der Waals surface area contributed by atoms with Crippen molar-refractivity contribution in [3.05, 3.63) is 57.8 Å². The number of Topliss-reactive ketones (excluding diaryl/α,β-unsaturated/α-hetero) is 1. The summed E-state index contributed by atoms with van der Waals surface area (Å²) >= 11 is 15.5. The van der Waals surface area contributed by atoms with Gasteiger partial charge in [0.15, 0.2) is 11.8 Å². The van der Waals surface area contributed by atoms with Gasteiger partial charge in [0.25, 0.3) is 5.91 Å². The number of carbonyl (C=O) groups excluding carboxylic acids is 2. The lowest BCUT2D eigenvalue weighted by Gasteiger charge is -2.47. The predicted octanol–water partition coefficient (Wildman–Crippen LogP) is 5.37. The summed E-state index contributed by atoms with van der Waals surface area (Å²) in [6.45, 7) is 0. The maximum atomic E-state index is 12.6. The van der Waals surface area contributed by atoms with Gasteiger partial charge >= 0.3 is 5.97 Å². The van der Waals surface area contributed by atoms with E-state index in [0.717, 1.165) is 37.7 Å². The average Bonchev–Trinajstić information content (AvgIpc) is 2.82. The second kappa shape index (κ2) is 10.1. The third-order valence-corrected chi connectivity index (χ3v) is 7.86. The molecule has 0 bridgehead atoms. The van der Waals surface area contributed by atoms with Crippen molar-refractivity contribution in [3.8, 4) is 0 Å². The Bertz CT molecular complexity index is 1140. The second-order valence-corrected chi connectivity index (χ2v) is 10.3. The van der Waals surface area contributed by atoms with Crippen LogP contribution < -0.4 is 5.32 Å². The average molecular weight is 567 g/mol. The number of benzene rings is 1. The highest BCUT2D eigenvalue weighted by atomic mass is 79.9. The van der Waals surface area contributed by atoms with E-state index in [2.05, 4.69) is 31.2 Å². The zero-order chi connectivity index (χ0) is 24.5. The number of alkyl halides is 1. The van der Waals surface area contributed by atoms with Crippen molar-refractivity contribution in [3.63, 3.8) is 0 Å². The van der Waals surface area contributed by atoms with Crippen molar-refractivity contribution in [1.29, 1.82) is 0 Å². The van der Waals surface area contributed by atoms with Gasteiger partial charge in [-0.1, -0.05) is 70.5 Å². The quantitative estimate of drug-likeness (QED) is 0.457. The molecule has 0 saturated heterocycles. The van der Waals surface area contributed by atoms with Gasteiger partial charge in [-0.15, -0.1) is 0 Å². The molecule has 2 aromatic rings. The molecule has 2 fully saturated rings. The standard InChI is InChI=1S/C24H22BrCl2N3O4/c25-19-20(24(21(19)31)8-2-1-3-9-24)30-17(23(33)34)10-13-4-6-14(7-5-13)29-22(32)18-15(26)11-28-12-16(18)27/h4-7,11-12,17,19H,1-3,8-10H2,(H,29,32)(H,33,34). The van der Waals surface area contributed by atoms with Gasteiger partial charge in [0.05, 0.1) is 21.0 Å². The van der Waals surface area contributed by atoms with Crippen molar-refractivity contribution >= 4 is 68.2 Å². The Morgan fingerprint density at radius 3 is 2.35 bits per heavy atom. The molecule has 10 heteroatoms. The van der Waals surface area contributed by atoms with Gasteiger partial charge < -0.3 is 10.4 Å². The Morgan fingerprint density at radius 1 is 1.15 bits per heavy atom. The van der Waals surface area contributed by atoms with Crippen molar-refractivity contribution in [2.75, 3.05) is 5.32 Å². The van der Waals surface area contributed by atoms with E-state index in [1.807, 2.05) is 0 Å². The molecule has 0 radical (unpaired) electrons. The fourth-order valence-electron chi connectivity index (χ4n) is 4.63. The lowest BCUT2D eigenvalue weighted by Crippen LogP contribution is -2.61. The minimum Gasteiger partial charge on any atom is -0.480 e. The van der Waals surface area contributed by atoms with Crippen LogP contribution in [0.3, 0.4) is 0 Å². The SMILES string of the molecule is O=C(Nc1ccc(CC(N=C2C(Br)C(=O)C23CCCCC3)C(=O)O)cc1)c1c(Cl)cncc1Cl. The molecule has 4 rings (SSSR count). The number of pyridine rings is 1. The van der Waals surface area contributed by atoms with Gasteiger partial charge in [0.1, 0.15) is 4.83 Å². The summed E-state index contributed by atoms with van der Waals surface area (Å²) in [5.74, 6) is -1.41. The van der Waals surface area contributed by atoms with Gasteiger partial charge in [-0.25, -0.2) is 4.79 Å². The van der Waals surface area contributed by atoms with E-state index in [1.54, 1.807) is 24.3 Å². The lowest BCUT2D eigenvalue weighted by molar-refractivity contribution is -0.138. The lowest BCUT2D eigenvalue weighted by atomic mass is 9.58. The predicted molar refractivity (Wildman–Crippen MR) is 134 cm³/mol. The number of aromatic nitrogens is 1. The highest BCUT2D eigenvalue weighted by Gasteiger charge is 2.58. The van der Waals surface area contributed by atoms with Crippen molar-refractivity contribution in [2.45, 2.75) is 49.4 Å². The number of amides is 1. The molecular weight excluding hydrogens is 545 g/mol. The molecule has 1 aromatic heterocycles. The summed E-state index contributed by atoms with van der Waals surface area (Å²) in [6.07, 6.45) is 7.29. The van der Waals surface area contributed by atoms with Crippen LogP contribution in [-0.2, 0) is 16.0 Å². The molecule has 2 atom stereocenters. The van der Waals surface area contributed by atoms with Crippen LogP contribution in [0.1, 0.15) is 48.0 Å². The van der Waals surface area contributed by atoms with Gasteiger partial charge in [-0.3, -0.25) is 19.6 Å². The zero-order valence-electron chi connectivity index (χ0n) is 18.1. The van der Waals surface area contributed by atoms with Crippen molar-refractivity contribution < 1.29 is 19.5 Å². The molecule has 1 spiro atoms. The monoisotopic (exact) mass is 565 g/mol. The Hall–Kier alpha value is -2.29. The van der Waals surface area contributed by atoms with Crippen LogP contribution in [-0.4, -0.2) is 44.3 Å². The number of carbonyl (C=O) groups is 3. The number of hydrogen-bond donors (Lipinski definition) is 2. The molecule has 0 aliphatic heterocycles. The molecule has 1 amide bonds. The molecule has 2 unspecified atom stereocenters.